The van der Waals surface area contributed by atoms with Gasteiger partial charge in [0.1, 0.15) is 0 Å². The number of pyridine rings is 1. The summed E-state index contributed by atoms with van der Waals surface area (Å²) < 4.78 is 0. The highest BCUT2D eigenvalue weighted by Gasteiger charge is 2.10. The Kier molecular flexibility index (Phi) is 6.72. The van der Waals surface area contributed by atoms with E-state index in [9.17, 15) is 0 Å². The Morgan fingerprint density at radius 3 is 2.44 bits per heavy atom. The van der Waals surface area contributed by atoms with Gasteiger partial charge in [-0.2, -0.15) is 0 Å². The summed E-state index contributed by atoms with van der Waals surface area (Å²) in [4.78, 5) is 4.55. The lowest BCUT2D eigenvalue weighted by Crippen LogP contribution is -2.19. The first-order chi connectivity index (χ1) is 8.54. The molecule has 0 saturated heterocycles. The number of hydrogen-bond acceptors (Lipinski definition) is 3. The monoisotopic (exact) mass is 266 g/mol. The Labute approximate surface area is 116 Å². The molecule has 1 aromatic rings. The van der Waals surface area contributed by atoms with E-state index >= 15 is 0 Å². The fourth-order valence-electron chi connectivity index (χ4n) is 1.52. The first-order valence-corrected chi connectivity index (χ1v) is 7.78. The maximum absolute atomic E-state index is 4.55. The maximum atomic E-state index is 4.55. The van der Waals surface area contributed by atoms with Gasteiger partial charge >= 0.3 is 0 Å². The summed E-state index contributed by atoms with van der Waals surface area (Å²) in [6.45, 7) is 12.2. The zero-order valence-electron chi connectivity index (χ0n) is 12.2. The summed E-state index contributed by atoms with van der Waals surface area (Å²) in [7, 11) is 0. The zero-order valence-corrected chi connectivity index (χ0v) is 13.1. The molecule has 18 heavy (non-hydrogen) atoms. The number of aromatic nitrogens is 1. The van der Waals surface area contributed by atoms with E-state index in [1.54, 1.807) is 0 Å². The second-order valence-electron chi connectivity index (χ2n) is 5.17. The van der Waals surface area contributed by atoms with E-state index in [0.29, 0.717) is 17.2 Å². The van der Waals surface area contributed by atoms with Gasteiger partial charge in [-0.3, -0.25) is 0 Å². The molecule has 3 heteroatoms. The van der Waals surface area contributed by atoms with Gasteiger partial charge < -0.3 is 5.32 Å². The molecule has 1 rings (SSSR count). The van der Waals surface area contributed by atoms with E-state index in [-0.39, 0.29) is 0 Å². The van der Waals surface area contributed by atoms with Crippen LogP contribution in [-0.4, -0.2) is 16.8 Å². The van der Waals surface area contributed by atoms with Crippen LogP contribution in [0.1, 0.15) is 52.6 Å². The maximum Gasteiger partial charge on any atom is 0.0962 e. The van der Waals surface area contributed by atoms with Crippen LogP contribution in [0.25, 0.3) is 0 Å². The van der Waals surface area contributed by atoms with Gasteiger partial charge in [0.2, 0.25) is 0 Å². The molecule has 0 amide bonds. The van der Waals surface area contributed by atoms with Crippen LogP contribution in [-0.2, 0) is 0 Å². The molecule has 0 fully saturated rings. The third kappa shape index (κ3) is 4.99. The third-order valence-electron chi connectivity index (χ3n) is 3.21. The fraction of sp³-hybridized carbons (Fsp3) is 0.667. The second-order valence-corrected chi connectivity index (χ2v) is 6.57. The number of hydrogen-bond donors (Lipinski definition) is 1. The molecule has 1 aromatic heterocycles. The van der Waals surface area contributed by atoms with Crippen molar-refractivity contribution < 1.29 is 0 Å². The SMILES string of the molecule is CCCNC(C)c1ccc(SC(C)C(C)C)nc1. The molecule has 0 spiro atoms. The van der Waals surface area contributed by atoms with E-state index in [2.05, 4.69) is 57.1 Å². The van der Waals surface area contributed by atoms with Crippen molar-refractivity contribution >= 4 is 11.8 Å². The van der Waals surface area contributed by atoms with Gasteiger partial charge in [0.05, 0.1) is 5.03 Å². The molecule has 2 unspecified atom stereocenters. The predicted octanol–water partition coefficient (Wildman–Crippen LogP) is 4.28. The number of nitrogens with zero attached hydrogens (tertiary/aromatic N) is 1. The van der Waals surface area contributed by atoms with Gasteiger partial charge in [-0.1, -0.05) is 33.8 Å². The molecule has 0 aliphatic rings. The third-order valence-corrected chi connectivity index (χ3v) is 4.60. The highest BCUT2D eigenvalue weighted by atomic mass is 32.2. The summed E-state index contributed by atoms with van der Waals surface area (Å²) in [5.41, 5.74) is 1.27. The summed E-state index contributed by atoms with van der Waals surface area (Å²) in [6, 6.07) is 4.72. The molecule has 0 bridgehead atoms. The minimum atomic E-state index is 0.388. The molecule has 0 saturated carbocycles. The van der Waals surface area contributed by atoms with Gasteiger partial charge in [-0.15, -0.1) is 11.8 Å². The van der Waals surface area contributed by atoms with E-state index < -0.39 is 0 Å². The van der Waals surface area contributed by atoms with Crippen molar-refractivity contribution in [3.63, 3.8) is 0 Å². The average molecular weight is 266 g/mol. The molecule has 0 aliphatic heterocycles. The number of rotatable bonds is 7. The summed E-state index contributed by atoms with van der Waals surface area (Å²) in [5, 5.41) is 5.22. The summed E-state index contributed by atoms with van der Waals surface area (Å²) in [5.74, 6) is 0.682. The molecule has 2 atom stereocenters. The van der Waals surface area contributed by atoms with Gasteiger partial charge in [0.15, 0.2) is 0 Å². The lowest BCUT2D eigenvalue weighted by atomic mass is 10.1. The molecular weight excluding hydrogens is 240 g/mol. The standard InChI is InChI=1S/C15H26N2S/c1-6-9-16-12(4)14-7-8-15(17-10-14)18-13(5)11(2)3/h7-8,10-13,16H,6,9H2,1-5H3. The predicted molar refractivity (Wildman–Crippen MR) is 81.1 cm³/mol. The Balaban J connectivity index is 2.56. The smallest absolute Gasteiger partial charge is 0.0962 e. The Hall–Kier alpha value is -0.540. The molecule has 0 radical (unpaired) electrons. The largest absolute Gasteiger partial charge is 0.310 e. The van der Waals surface area contributed by atoms with Gasteiger partial charge in [-0.25, -0.2) is 4.98 Å². The minimum absolute atomic E-state index is 0.388. The van der Waals surface area contributed by atoms with Crippen LogP contribution in [0.5, 0.6) is 0 Å². The molecule has 2 nitrogen and oxygen atoms in total. The highest BCUT2D eigenvalue weighted by molar-refractivity contribution is 7.99. The molecule has 1 heterocycles. The molecule has 102 valence electrons. The Morgan fingerprint density at radius 1 is 1.22 bits per heavy atom. The van der Waals surface area contributed by atoms with Crippen LogP contribution in [0.2, 0.25) is 0 Å². The quantitative estimate of drug-likeness (QED) is 0.746. The van der Waals surface area contributed by atoms with Gasteiger partial charge in [0.25, 0.3) is 0 Å². The Morgan fingerprint density at radius 2 is 1.94 bits per heavy atom. The van der Waals surface area contributed by atoms with Crippen LogP contribution in [0, 0.1) is 5.92 Å². The van der Waals surface area contributed by atoms with Crippen LogP contribution >= 0.6 is 11.8 Å². The Bertz CT molecular complexity index is 335. The number of thioether (sulfide) groups is 1. The van der Waals surface area contributed by atoms with E-state index in [4.69, 9.17) is 0 Å². The van der Waals surface area contributed by atoms with Gasteiger partial charge in [-0.05, 0) is 37.4 Å². The van der Waals surface area contributed by atoms with Crippen molar-refractivity contribution in [3.8, 4) is 0 Å². The average Bonchev–Trinajstić information content (AvgIpc) is 2.36. The van der Waals surface area contributed by atoms with E-state index in [1.807, 2.05) is 18.0 Å². The van der Waals surface area contributed by atoms with Crippen LogP contribution < -0.4 is 5.32 Å². The van der Waals surface area contributed by atoms with Crippen molar-refractivity contribution in [2.75, 3.05) is 6.54 Å². The second kappa shape index (κ2) is 7.80. The van der Waals surface area contributed by atoms with Crippen LogP contribution in [0.3, 0.4) is 0 Å². The fourth-order valence-corrected chi connectivity index (χ4v) is 2.44. The highest BCUT2D eigenvalue weighted by Crippen LogP contribution is 2.26. The van der Waals surface area contributed by atoms with E-state index in [1.165, 1.54) is 5.56 Å². The lowest BCUT2D eigenvalue weighted by molar-refractivity contribution is 0.568. The normalized spacial score (nSPS) is 14.8. The number of nitrogens with one attached hydrogen (secondary N) is 1. The topological polar surface area (TPSA) is 24.9 Å². The molecule has 1 N–H and O–H groups in total. The van der Waals surface area contributed by atoms with Crippen molar-refractivity contribution in [2.45, 2.75) is 57.4 Å². The minimum Gasteiger partial charge on any atom is -0.310 e. The molecular formula is C15H26N2S. The van der Waals surface area contributed by atoms with Crippen LogP contribution in [0.15, 0.2) is 23.4 Å². The van der Waals surface area contributed by atoms with Crippen molar-refractivity contribution in [1.82, 2.24) is 10.3 Å². The van der Waals surface area contributed by atoms with Crippen molar-refractivity contribution in [1.29, 1.82) is 0 Å². The molecule has 0 aromatic carbocycles. The molecule has 0 aliphatic carbocycles. The van der Waals surface area contributed by atoms with Crippen molar-refractivity contribution in [2.24, 2.45) is 5.92 Å². The summed E-state index contributed by atoms with van der Waals surface area (Å²) >= 11 is 1.86. The summed E-state index contributed by atoms with van der Waals surface area (Å²) in [6.07, 6.45) is 3.17. The first kappa shape index (κ1) is 15.5. The van der Waals surface area contributed by atoms with Crippen LogP contribution in [0.4, 0.5) is 0 Å². The lowest BCUT2D eigenvalue weighted by Gasteiger charge is -2.16. The van der Waals surface area contributed by atoms with Gasteiger partial charge in [0, 0.05) is 17.5 Å². The van der Waals surface area contributed by atoms with E-state index in [0.717, 1.165) is 18.0 Å². The van der Waals surface area contributed by atoms with Crippen molar-refractivity contribution in [3.05, 3.63) is 23.9 Å². The zero-order chi connectivity index (χ0) is 13.5. The first-order valence-electron chi connectivity index (χ1n) is 6.90.